The van der Waals surface area contributed by atoms with E-state index < -0.39 is 0 Å². The molecule has 2 aromatic heterocycles. The topological polar surface area (TPSA) is 54.7 Å². The van der Waals surface area contributed by atoms with E-state index in [1.807, 2.05) is 6.07 Å². The lowest BCUT2D eigenvalue weighted by Gasteiger charge is -1.88. The smallest absolute Gasteiger partial charge is 0.274 e. The van der Waals surface area contributed by atoms with Crippen LogP contribution in [0.3, 0.4) is 0 Å². The van der Waals surface area contributed by atoms with Crippen molar-refractivity contribution in [2.24, 2.45) is 0 Å². The Balaban J connectivity index is 1.82. The summed E-state index contributed by atoms with van der Waals surface area (Å²) in [6, 6.07) is 6.62. The molecule has 0 atom stereocenters. The van der Waals surface area contributed by atoms with E-state index in [2.05, 4.69) is 15.1 Å². The van der Waals surface area contributed by atoms with Crippen LogP contribution in [0.5, 0.6) is 0 Å². The summed E-state index contributed by atoms with van der Waals surface area (Å²) in [6.07, 6.45) is 2.25. The third-order valence-electron chi connectivity index (χ3n) is 3.23. The Bertz CT molecular complexity index is 727. The maximum atomic E-state index is 13.6. The standard InChI is InChI=1S/C13H10FN3O/c14-9-2-1-3-10-8(9)6-11(15-10)13-16-12(17-18-13)7-4-5-7/h1-3,6-7,15H,4-5H2. The molecular formula is C13H10FN3O. The van der Waals surface area contributed by atoms with Gasteiger partial charge >= 0.3 is 0 Å². The second-order valence-electron chi connectivity index (χ2n) is 4.62. The van der Waals surface area contributed by atoms with Gasteiger partial charge in [0, 0.05) is 16.8 Å². The summed E-state index contributed by atoms with van der Waals surface area (Å²) in [5, 5.41) is 4.49. The third kappa shape index (κ3) is 1.44. The van der Waals surface area contributed by atoms with Crippen LogP contribution in [0.15, 0.2) is 28.8 Å². The molecule has 1 saturated carbocycles. The van der Waals surface area contributed by atoms with E-state index in [9.17, 15) is 4.39 Å². The fourth-order valence-electron chi connectivity index (χ4n) is 2.09. The molecule has 3 aromatic rings. The molecular weight excluding hydrogens is 233 g/mol. The van der Waals surface area contributed by atoms with Gasteiger partial charge in [-0.3, -0.25) is 0 Å². The molecule has 0 bridgehead atoms. The number of halogens is 1. The van der Waals surface area contributed by atoms with E-state index in [1.54, 1.807) is 12.1 Å². The molecule has 0 spiro atoms. The fraction of sp³-hybridized carbons (Fsp3) is 0.231. The first-order chi connectivity index (χ1) is 8.81. The molecule has 0 aliphatic heterocycles. The molecule has 4 nitrogen and oxygen atoms in total. The van der Waals surface area contributed by atoms with E-state index in [4.69, 9.17) is 4.52 Å². The largest absolute Gasteiger partial charge is 0.350 e. The first-order valence-corrected chi connectivity index (χ1v) is 5.92. The second kappa shape index (κ2) is 3.41. The minimum Gasteiger partial charge on any atom is -0.350 e. The number of nitrogens with zero attached hydrogens (tertiary/aromatic N) is 2. The molecule has 0 saturated heterocycles. The van der Waals surface area contributed by atoms with Crippen LogP contribution in [0.1, 0.15) is 24.6 Å². The van der Waals surface area contributed by atoms with E-state index >= 15 is 0 Å². The van der Waals surface area contributed by atoms with Crippen LogP contribution in [-0.4, -0.2) is 15.1 Å². The maximum Gasteiger partial charge on any atom is 0.274 e. The monoisotopic (exact) mass is 243 g/mol. The molecule has 2 heterocycles. The maximum absolute atomic E-state index is 13.6. The van der Waals surface area contributed by atoms with Gasteiger partial charge in [0.2, 0.25) is 0 Å². The lowest BCUT2D eigenvalue weighted by Crippen LogP contribution is -1.81. The highest BCUT2D eigenvalue weighted by molar-refractivity contribution is 5.84. The highest BCUT2D eigenvalue weighted by Gasteiger charge is 2.29. The summed E-state index contributed by atoms with van der Waals surface area (Å²) in [5.41, 5.74) is 1.39. The quantitative estimate of drug-likeness (QED) is 0.751. The molecule has 4 rings (SSSR count). The normalized spacial score (nSPS) is 15.4. The number of aromatic nitrogens is 3. The number of H-pyrrole nitrogens is 1. The van der Waals surface area contributed by atoms with Crippen LogP contribution in [0, 0.1) is 5.82 Å². The second-order valence-corrected chi connectivity index (χ2v) is 4.62. The van der Waals surface area contributed by atoms with Crippen LogP contribution in [0.25, 0.3) is 22.5 Å². The number of nitrogens with one attached hydrogen (secondary N) is 1. The number of rotatable bonds is 2. The van der Waals surface area contributed by atoms with Gasteiger partial charge in [-0.05, 0) is 31.0 Å². The van der Waals surface area contributed by atoms with Gasteiger partial charge in [-0.15, -0.1) is 0 Å². The predicted molar refractivity (Wildman–Crippen MR) is 63.5 cm³/mol. The zero-order valence-electron chi connectivity index (χ0n) is 9.48. The Morgan fingerprint density at radius 2 is 2.22 bits per heavy atom. The van der Waals surface area contributed by atoms with Gasteiger partial charge in [0.05, 0.1) is 0 Å². The van der Waals surface area contributed by atoms with Gasteiger partial charge < -0.3 is 9.51 Å². The highest BCUT2D eigenvalue weighted by Crippen LogP contribution is 2.39. The van der Waals surface area contributed by atoms with Gasteiger partial charge in [-0.2, -0.15) is 4.98 Å². The molecule has 1 fully saturated rings. The molecule has 18 heavy (non-hydrogen) atoms. The minimum atomic E-state index is -0.253. The molecule has 1 aromatic carbocycles. The molecule has 0 radical (unpaired) electrons. The summed E-state index contributed by atoms with van der Waals surface area (Å²) in [5.74, 6) is 1.37. The van der Waals surface area contributed by atoms with Gasteiger partial charge in [-0.25, -0.2) is 4.39 Å². The third-order valence-corrected chi connectivity index (χ3v) is 3.23. The van der Waals surface area contributed by atoms with Gasteiger partial charge in [-0.1, -0.05) is 11.2 Å². The summed E-state index contributed by atoms with van der Waals surface area (Å²) in [6.45, 7) is 0. The van der Waals surface area contributed by atoms with Crippen molar-refractivity contribution in [3.8, 4) is 11.6 Å². The Kier molecular flexibility index (Phi) is 1.86. The summed E-state index contributed by atoms with van der Waals surface area (Å²) >= 11 is 0. The highest BCUT2D eigenvalue weighted by atomic mass is 19.1. The summed E-state index contributed by atoms with van der Waals surface area (Å²) in [7, 11) is 0. The van der Waals surface area contributed by atoms with Crippen LogP contribution >= 0.6 is 0 Å². The fourth-order valence-corrected chi connectivity index (χ4v) is 2.09. The zero-order valence-corrected chi connectivity index (χ0v) is 9.48. The van der Waals surface area contributed by atoms with Gasteiger partial charge in [0.15, 0.2) is 5.82 Å². The van der Waals surface area contributed by atoms with Crippen molar-refractivity contribution in [2.75, 3.05) is 0 Å². The van der Waals surface area contributed by atoms with Crippen molar-refractivity contribution in [1.82, 2.24) is 15.1 Å². The zero-order chi connectivity index (χ0) is 12.1. The molecule has 0 amide bonds. The Morgan fingerprint density at radius 3 is 3.00 bits per heavy atom. The number of hydrogen-bond donors (Lipinski definition) is 1. The Labute approximate surface area is 102 Å². The summed E-state index contributed by atoms with van der Waals surface area (Å²) < 4.78 is 18.8. The van der Waals surface area contributed by atoms with Crippen LogP contribution in [-0.2, 0) is 0 Å². The minimum absolute atomic E-state index is 0.253. The average molecular weight is 243 g/mol. The first-order valence-electron chi connectivity index (χ1n) is 5.92. The first kappa shape index (κ1) is 9.82. The van der Waals surface area contributed by atoms with Crippen LogP contribution in [0.4, 0.5) is 4.39 Å². The Morgan fingerprint density at radius 1 is 1.33 bits per heavy atom. The van der Waals surface area contributed by atoms with Crippen molar-refractivity contribution >= 4 is 10.9 Å². The predicted octanol–water partition coefficient (Wildman–Crippen LogP) is 3.23. The van der Waals surface area contributed by atoms with Gasteiger partial charge in [0.1, 0.15) is 11.5 Å². The van der Waals surface area contributed by atoms with Crippen LogP contribution < -0.4 is 0 Å². The molecule has 1 aliphatic carbocycles. The molecule has 5 heteroatoms. The number of fused-ring (bicyclic) bond motifs is 1. The molecule has 1 aliphatic rings. The van der Waals surface area contributed by atoms with Gasteiger partial charge in [0.25, 0.3) is 5.89 Å². The van der Waals surface area contributed by atoms with Crippen molar-refractivity contribution in [1.29, 1.82) is 0 Å². The van der Waals surface area contributed by atoms with E-state index in [1.165, 1.54) is 6.07 Å². The van der Waals surface area contributed by atoms with Crippen molar-refractivity contribution < 1.29 is 8.91 Å². The lowest BCUT2D eigenvalue weighted by molar-refractivity contribution is 0.422. The number of aromatic amines is 1. The molecule has 90 valence electrons. The van der Waals surface area contributed by atoms with Crippen molar-refractivity contribution in [3.63, 3.8) is 0 Å². The average Bonchev–Trinajstić information content (AvgIpc) is 2.93. The molecule has 1 N–H and O–H groups in total. The van der Waals surface area contributed by atoms with E-state index in [0.717, 1.165) is 24.2 Å². The van der Waals surface area contributed by atoms with Crippen molar-refractivity contribution in [3.05, 3.63) is 35.9 Å². The summed E-state index contributed by atoms with van der Waals surface area (Å²) in [4.78, 5) is 7.43. The SMILES string of the molecule is Fc1cccc2[nH]c(-c3nc(C4CC4)no3)cc12. The Hall–Kier alpha value is -2.17. The van der Waals surface area contributed by atoms with E-state index in [0.29, 0.717) is 22.9 Å². The number of benzene rings is 1. The van der Waals surface area contributed by atoms with Crippen molar-refractivity contribution in [2.45, 2.75) is 18.8 Å². The van der Waals surface area contributed by atoms with Crippen LogP contribution in [0.2, 0.25) is 0 Å². The number of hydrogen-bond acceptors (Lipinski definition) is 3. The van der Waals surface area contributed by atoms with E-state index in [-0.39, 0.29) is 5.82 Å². The lowest BCUT2D eigenvalue weighted by atomic mass is 10.2. The molecule has 0 unspecified atom stereocenters.